The monoisotopic (exact) mass is 209 g/mol. The van der Waals surface area contributed by atoms with Gasteiger partial charge >= 0.3 is 0 Å². The molecule has 1 aliphatic rings. The van der Waals surface area contributed by atoms with Gasteiger partial charge in [0, 0.05) is 36.9 Å². The fourth-order valence-corrected chi connectivity index (χ4v) is 2.25. The van der Waals surface area contributed by atoms with Crippen LogP contribution in [-0.2, 0) is 17.7 Å². The largest absolute Gasteiger partial charge is 0.381 e. The van der Waals surface area contributed by atoms with Gasteiger partial charge in [-0.25, -0.2) is 0 Å². The molecular formula is C11H19N3O. The molecule has 0 aliphatic carbocycles. The van der Waals surface area contributed by atoms with Crippen LogP contribution in [0.2, 0.25) is 0 Å². The molecule has 0 unspecified atom stereocenters. The van der Waals surface area contributed by atoms with Gasteiger partial charge in [-0.2, -0.15) is 5.10 Å². The lowest BCUT2D eigenvalue weighted by molar-refractivity contribution is 0.0843. The predicted molar refractivity (Wildman–Crippen MR) is 58.7 cm³/mol. The highest BCUT2D eigenvalue weighted by atomic mass is 16.5. The maximum absolute atomic E-state index is 5.79. The van der Waals surface area contributed by atoms with Crippen molar-refractivity contribution in [3.8, 4) is 0 Å². The Hall–Kier alpha value is -0.870. The summed E-state index contributed by atoms with van der Waals surface area (Å²) in [4.78, 5) is 0. The van der Waals surface area contributed by atoms with Gasteiger partial charge < -0.3 is 10.5 Å². The van der Waals surface area contributed by atoms with Gasteiger partial charge in [0.05, 0.1) is 5.69 Å². The molecule has 1 aliphatic heterocycles. The van der Waals surface area contributed by atoms with Crippen LogP contribution < -0.4 is 5.73 Å². The minimum Gasteiger partial charge on any atom is -0.381 e. The maximum Gasteiger partial charge on any atom is 0.0702 e. The number of aryl methyl sites for hydroxylation is 1. The number of nitrogens with two attached hydrogens (primary N) is 1. The Labute approximate surface area is 90.2 Å². The average Bonchev–Trinajstić information content (AvgIpc) is 2.72. The summed E-state index contributed by atoms with van der Waals surface area (Å²) in [5.41, 5.74) is 9.39. The van der Waals surface area contributed by atoms with Gasteiger partial charge in [-0.15, -0.1) is 0 Å². The highest BCUT2D eigenvalue weighted by Gasteiger charge is 2.22. The molecule has 0 bridgehead atoms. The molecule has 0 saturated carbocycles. The quantitative estimate of drug-likeness (QED) is 0.789. The van der Waals surface area contributed by atoms with Gasteiger partial charge in [-0.05, 0) is 19.3 Å². The molecule has 4 nitrogen and oxygen atoms in total. The second-order valence-corrected chi connectivity index (χ2v) is 4.01. The van der Waals surface area contributed by atoms with Crippen LogP contribution in [-0.4, -0.2) is 23.4 Å². The van der Waals surface area contributed by atoms with Crippen LogP contribution in [0.5, 0.6) is 0 Å². The van der Waals surface area contributed by atoms with Gasteiger partial charge in [0.1, 0.15) is 0 Å². The molecule has 0 radical (unpaired) electrons. The van der Waals surface area contributed by atoms with Gasteiger partial charge in [0.2, 0.25) is 0 Å². The number of ether oxygens (including phenoxy) is 1. The summed E-state index contributed by atoms with van der Waals surface area (Å²) in [5, 5.41) is 7.52. The molecule has 2 rings (SSSR count). The first kappa shape index (κ1) is 10.6. The molecule has 4 heteroatoms. The molecule has 1 fully saturated rings. The van der Waals surface area contributed by atoms with Crippen LogP contribution in [0, 0.1) is 0 Å². The Bertz CT molecular complexity index is 316. The van der Waals surface area contributed by atoms with Crippen molar-refractivity contribution in [3.05, 3.63) is 17.0 Å². The summed E-state index contributed by atoms with van der Waals surface area (Å²) >= 11 is 0. The molecule has 0 amide bonds. The van der Waals surface area contributed by atoms with Crippen molar-refractivity contribution in [2.24, 2.45) is 5.73 Å². The van der Waals surface area contributed by atoms with E-state index in [1.807, 2.05) is 0 Å². The Morgan fingerprint density at radius 2 is 2.20 bits per heavy atom. The van der Waals surface area contributed by atoms with Crippen LogP contribution in [0.15, 0.2) is 0 Å². The van der Waals surface area contributed by atoms with Gasteiger partial charge in [-0.3, -0.25) is 5.10 Å². The number of hydrogen-bond donors (Lipinski definition) is 2. The first-order chi connectivity index (χ1) is 7.36. The number of aromatic nitrogens is 2. The van der Waals surface area contributed by atoms with E-state index in [2.05, 4.69) is 17.1 Å². The molecule has 2 heterocycles. The normalized spacial score (nSPS) is 18.3. The van der Waals surface area contributed by atoms with Crippen LogP contribution in [0.1, 0.15) is 42.6 Å². The zero-order valence-electron chi connectivity index (χ0n) is 9.25. The first-order valence-corrected chi connectivity index (χ1v) is 5.70. The summed E-state index contributed by atoms with van der Waals surface area (Å²) in [6.07, 6.45) is 3.12. The fraction of sp³-hybridized carbons (Fsp3) is 0.727. The molecule has 0 spiro atoms. The third-order valence-electron chi connectivity index (χ3n) is 3.15. The highest BCUT2D eigenvalue weighted by Crippen LogP contribution is 2.29. The first-order valence-electron chi connectivity index (χ1n) is 5.70. The minimum atomic E-state index is 0.536. The zero-order chi connectivity index (χ0) is 10.7. The van der Waals surface area contributed by atoms with Crippen LogP contribution in [0.4, 0.5) is 0 Å². The van der Waals surface area contributed by atoms with E-state index in [0.717, 1.165) is 32.5 Å². The number of hydrogen-bond acceptors (Lipinski definition) is 3. The number of rotatable bonds is 3. The van der Waals surface area contributed by atoms with E-state index >= 15 is 0 Å². The fourth-order valence-electron chi connectivity index (χ4n) is 2.25. The number of nitrogens with zero attached hydrogens (tertiary/aromatic N) is 1. The van der Waals surface area contributed by atoms with Crippen molar-refractivity contribution < 1.29 is 4.74 Å². The predicted octanol–water partition coefficient (Wildman–Crippen LogP) is 1.32. The topological polar surface area (TPSA) is 63.9 Å². The Balaban J connectivity index is 2.22. The molecule has 0 atom stereocenters. The third-order valence-corrected chi connectivity index (χ3v) is 3.15. The second-order valence-electron chi connectivity index (χ2n) is 4.01. The lowest BCUT2D eigenvalue weighted by Gasteiger charge is -2.21. The number of aromatic amines is 1. The maximum atomic E-state index is 5.79. The molecule has 1 aromatic heterocycles. The molecule has 15 heavy (non-hydrogen) atoms. The Kier molecular flexibility index (Phi) is 3.38. The molecule has 1 saturated heterocycles. The van der Waals surface area contributed by atoms with Crippen LogP contribution >= 0.6 is 0 Å². The van der Waals surface area contributed by atoms with E-state index < -0.39 is 0 Å². The summed E-state index contributed by atoms with van der Waals surface area (Å²) in [6.45, 7) is 4.42. The number of nitrogens with one attached hydrogen (secondary N) is 1. The molecule has 1 aromatic rings. The molecule has 0 aromatic carbocycles. The van der Waals surface area contributed by atoms with Crippen molar-refractivity contribution in [3.63, 3.8) is 0 Å². The van der Waals surface area contributed by atoms with E-state index in [-0.39, 0.29) is 0 Å². The summed E-state index contributed by atoms with van der Waals surface area (Å²) < 4.78 is 5.36. The van der Waals surface area contributed by atoms with Gasteiger partial charge in [-0.1, -0.05) is 6.92 Å². The average molecular weight is 209 g/mol. The lowest BCUT2D eigenvalue weighted by Crippen LogP contribution is -2.16. The van der Waals surface area contributed by atoms with E-state index in [9.17, 15) is 0 Å². The van der Waals surface area contributed by atoms with Crippen molar-refractivity contribution in [2.75, 3.05) is 13.2 Å². The van der Waals surface area contributed by atoms with E-state index in [1.54, 1.807) is 0 Å². The molecular weight excluding hydrogens is 190 g/mol. The van der Waals surface area contributed by atoms with E-state index in [0.29, 0.717) is 12.5 Å². The van der Waals surface area contributed by atoms with Crippen molar-refractivity contribution in [1.82, 2.24) is 10.2 Å². The molecule has 3 N–H and O–H groups in total. The van der Waals surface area contributed by atoms with Crippen molar-refractivity contribution in [1.29, 1.82) is 0 Å². The van der Waals surface area contributed by atoms with Crippen LogP contribution in [0.25, 0.3) is 0 Å². The van der Waals surface area contributed by atoms with Crippen molar-refractivity contribution in [2.45, 2.75) is 38.6 Å². The summed E-state index contributed by atoms with van der Waals surface area (Å²) in [7, 11) is 0. The van der Waals surface area contributed by atoms with Crippen molar-refractivity contribution >= 4 is 0 Å². The lowest BCUT2D eigenvalue weighted by atomic mass is 9.93. The second kappa shape index (κ2) is 4.77. The van der Waals surface area contributed by atoms with Gasteiger partial charge in [0.15, 0.2) is 0 Å². The third kappa shape index (κ3) is 2.06. The Morgan fingerprint density at radius 3 is 2.80 bits per heavy atom. The molecule has 84 valence electrons. The van der Waals surface area contributed by atoms with E-state index in [4.69, 9.17) is 10.5 Å². The summed E-state index contributed by atoms with van der Waals surface area (Å²) in [5.74, 6) is 0.536. The zero-order valence-corrected chi connectivity index (χ0v) is 9.25. The smallest absolute Gasteiger partial charge is 0.0702 e. The van der Waals surface area contributed by atoms with Crippen LogP contribution in [0.3, 0.4) is 0 Å². The minimum absolute atomic E-state index is 0.536. The summed E-state index contributed by atoms with van der Waals surface area (Å²) in [6, 6.07) is 0. The highest BCUT2D eigenvalue weighted by molar-refractivity contribution is 5.28. The van der Waals surface area contributed by atoms with E-state index in [1.165, 1.54) is 17.0 Å². The standard InChI is InChI=1S/C11H19N3O/c1-2-10-9(7-12)11(14-13-10)8-3-5-15-6-4-8/h8H,2-7,12H2,1H3,(H,13,14). The van der Waals surface area contributed by atoms with Gasteiger partial charge in [0.25, 0.3) is 0 Å². The SMILES string of the molecule is CCc1[nH]nc(C2CCOCC2)c1CN. The Morgan fingerprint density at radius 1 is 1.47 bits per heavy atom. The number of H-pyrrole nitrogens is 1.